The Labute approximate surface area is 227 Å². The standard InChI is InChI=1S/C32H32N4O3/c1-18(2)12-13-19-8-7-10-22-26(19)34-30-32(22,39)17-25-28(37)35-15-14-31(3,4)27-21(16-24(35)29(38)36(25)30)20-9-5-6-11-23(20)33-27/h5-12,14-16,25,30,33-34,39H,13,17H2,1-4H3/b15-14-,24-16-. The summed E-state index contributed by atoms with van der Waals surface area (Å²) in [4.78, 5) is 34.9. The first-order valence-electron chi connectivity index (χ1n) is 13.5. The molecule has 7 rings (SSSR count). The molecule has 0 bridgehead atoms. The van der Waals surface area contributed by atoms with Gasteiger partial charge < -0.3 is 20.3 Å². The first kappa shape index (κ1) is 24.0. The number of allylic oxidation sites excluding steroid dienone is 3. The van der Waals surface area contributed by atoms with Crippen LogP contribution in [0.25, 0.3) is 17.0 Å². The predicted molar refractivity (Wildman–Crippen MR) is 151 cm³/mol. The topological polar surface area (TPSA) is 88.7 Å². The van der Waals surface area contributed by atoms with Crippen LogP contribution in [0.5, 0.6) is 0 Å². The highest BCUT2D eigenvalue weighted by Gasteiger charge is 2.63. The molecular formula is C32H32N4O3. The van der Waals surface area contributed by atoms with Crippen molar-refractivity contribution in [3.63, 3.8) is 0 Å². The summed E-state index contributed by atoms with van der Waals surface area (Å²) >= 11 is 0. The van der Waals surface area contributed by atoms with Crippen LogP contribution in [0.3, 0.4) is 0 Å². The average molecular weight is 521 g/mol. The summed E-state index contributed by atoms with van der Waals surface area (Å²) in [6.07, 6.45) is 7.84. The zero-order valence-corrected chi connectivity index (χ0v) is 22.6. The third kappa shape index (κ3) is 3.26. The fourth-order valence-corrected chi connectivity index (χ4v) is 6.68. The number of fused-ring (bicyclic) bond motifs is 9. The molecule has 7 heteroatoms. The van der Waals surface area contributed by atoms with Crippen LogP contribution in [0.1, 0.15) is 56.5 Å². The Morgan fingerprint density at radius 1 is 1.13 bits per heavy atom. The molecule has 1 aromatic heterocycles. The van der Waals surface area contributed by atoms with Gasteiger partial charge in [0, 0.05) is 51.4 Å². The van der Waals surface area contributed by atoms with E-state index in [1.807, 2.05) is 54.6 Å². The average Bonchev–Trinajstić information content (AvgIpc) is 3.51. The van der Waals surface area contributed by atoms with Crippen molar-refractivity contribution >= 4 is 34.5 Å². The molecule has 3 atom stereocenters. The lowest BCUT2D eigenvalue weighted by atomic mass is 9.85. The summed E-state index contributed by atoms with van der Waals surface area (Å²) in [6.45, 7) is 8.31. The molecule has 0 radical (unpaired) electrons. The number of carbonyl (C=O) groups excluding carboxylic acids is 2. The van der Waals surface area contributed by atoms with E-state index in [4.69, 9.17) is 0 Å². The lowest BCUT2D eigenvalue weighted by molar-refractivity contribution is -0.148. The van der Waals surface area contributed by atoms with Crippen LogP contribution in [0.15, 0.2) is 72.1 Å². The molecule has 4 aliphatic rings. The molecule has 198 valence electrons. The lowest BCUT2D eigenvalue weighted by Crippen LogP contribution is -2.58. The van der Waals surface area contributed by atoms with Gasteiger partial charge in [-0.1, -0.05) is 68.0 Å². The van der Waals surface area contributed by atoms with Gasteiger partial charge in [-0.3, -0.25) is 14.5 Å². The second kappa shape index (κ2) is 7.96. The minimum absolute atomic E-state index is 0.147. The van der Waals surface area contributed by atoms with E-state index in [1.54, 1.807) is 11.1 Å². The number of aromatic nitrogens is 1. The number of piperazine rings is 1. The Balaban J connectivity index is 1.35. The molecule has 39 heavy (non-hydrogen) atoms. The number of nitrogens with zero attached hydrogens (tertiary/aromatic N) is 2. The number of amides is 2. The molecule has 3 unspecified atom stereocenters. The van der Waals surface area contributed by atoms with Gasteiger partial charge in [0.05, 0.1) is 0 Å². The third-order valence-electron chi connectivity index (χ3n) is 8.75. The Morgan fingerprint density at radius 2 is 1.92 bits per heavy atom. The van der Waals surface area contributed by atoms with Crippen molar-refractivity contribution < 1.29 is 14.7 Å². The number of rotatable bonds is 2. The van der Waals surface area contributed by atoms with Gasteiger partial charge in [0.25, 0.3) is 11.8 Å². The summed E-state index contributed by atoms with van der Waals surface area (Å²) in [6, 6.07) is 13.1. The molecule has 0 aliphatic carbocycles. The first-order valence-corrected chi connectivity index (χ1v) is 13.5. The molecule has 5 heterocycles. The van der Waals surface area contributed by atoms with E-state index in [2.05, 4.69) is 44.1 Å². The zero-order chi connectivity index (χ0) is 27.3. The molecular weight excluding hydrogens is 488 g/mol. The number of hydrogen-bond donors (Lipinski definition) is 3. The van der Waals surface area contributed by atoms with Gasteiger partial charge in [-0.25, -0.2) is 0 Å². The number of benzene rings is 2. The summed E-state index contributed by atoms with van der Waals surface area (Å²) < 4.78 is 0. The monoisotopic (exact) mass is 520 g/mol. The molecule has 3 aromatic rings. The number of aliphatic hydroxyl groups is 1. The van der Waals surface area contributed by atoms with Crippen molar-refractivity contribution in [2.24, 2.45) is 0 Å². The molecule has 2 aromatic carbocycles. The minimum atomic E-state index is -1.36. The van der Waals surface area contributed by atoms with E-state index in [0.29, 0.717) is 5.70 Å². The molecule has 2 saturated heterocycles. The van der Waals surface area contributed by atoms with Crippen LogP contribution >= 0.6 is 0 Å². The van der Waals surface area contributed by atoms with Gasteiger partial charge in [0.1, 0.15) is 23.5 Å². The van der Waals surface area contributed by atoms with Gasteiger partial charge in [-0.2, -0.15) is 0 Å². The van der Waals surface area contributed by atoms with E-state index < -0.39 is 23.2 Å². The number of hydrogen-bond acceptors (Lipinski definition) is 4. The van der Waals surface area contributed by atoms with Crippen molar-refractivity contribution in [3.8, 4) is 0 Å². The van der Waals surface area contributed by atoms with Gasteiger partial charge in [-0.15, -0.1) is 0 Å². The SMILES string of the molecule is CC(C)=CCc1cccc2c1NC1N3C(=O)/C4=C/c5c([nH]c6ccccc56)C(C)(C)/C=C\N4C(=O)C3CC21O. The number of aromatic amines is 1. The second-order valence-corrected chi connectivity index (χ2v) is 12.0. The normalized spacial score (nSPS) is 28.3. The maximum Gasteiger partial charge on any atom is 0.273 e. The van der Waals surface area contributed by atoms with Gasteiger partial charge >= 0.3 is 0 Å². The molecule has 2 fully saturated rings. The first-order chi connectivity index (χ1) is 18.6. The number of para-hydroxylation sites is 2. The molecule has 3 N–H and O–H groups in total. The fraction of sp³-hybridized carbons (Fsp3) is 0.312. The third-order valence-corrected chi connectivity index (χ3v) is 8.75. The highest BCUT2D eigenvalue weighted by Crippen LogP contribution is 2.52. The Kier molecular flexibility index (Phi) is 4.89. The van der Waals surface area contributed by atoms with E-state index in [-0.39, 0.29) is 18.2 Å². The molecule has 2 amide bonds. The summed E-state index contributed by atoms with van der Waals surface area (Å²) in [5.74, 6) is -0.477. The van der Waals surface area contributed by atoms with Gasteiger partial charge in [0.2, 0.25) is 0 Å². The molecule has 0 saturated carbocycles. The minimum Gasteiger partial charge on any atom is -0.381 e. The largest absolute Gasteiger partial charge is 0.381 e. The van der Waals surface area contributed by atoms with Crippen LogP contribution in [-0.2, 0) is 27.0 Å². The second-order valence-electron chi connectivity index (χ2n) is 12.0. The van der Waals surface area contributed by atoms with Crippen molar-refractivity contribution in [1.82, 2.24) is 14.8 Å². The van der Waals surface area contributed by atoms with E-state index >= 15 is 0 Å². The predicted octanol–water partition coefficient (Wildman–Crippen LogP) is 4.90. The Bertz CT molecular complexity index is 1670. The van der Waals surface area contributed by atoms with Crippen LogP contribution in [-0.4, -0.2) is 43.9 Å². The maximum absolute atomic E-state index is 14.3. The highest BCUT2D eigenvalue weighted by molar-refractivity contribution is 6.10. The van der Waals surface area contributed by atoms with E-state index in [9.17, 15) is 14.7 Å². The Hall–Kier alpha value is -4.10. The van der Waals surface area contributed by atoms with Crippen molar-refractivity contribution in [2.45, 2.75) is 63.8 Å². The maximum atomic E-state index is 14.3. The molecule has 4 aliphatic heterocycles. The molecule has 0 spiro atoms. The lowest BCUT2D eigenvalue weighted by Gasteiger charge is -2.40. The summed E-state index contributed by atoms with van der Waals surface area (Å²) in [7, 11) is 0. The van der Waals surface area contributed by atoms with Crippen LogP contribution in [0.4, 0.5) is 5.69 Å². The smallest absolute Gasteiger partial charge is 0.273 e. The van der Waals surface area contributed by atoms with Gasteiger partial charge in [-0.05, 0) is 38.0 Å². The van der Waals surface area contributed by atoms with E-state index in [1.165, 1.54) is 10.5 Å². The highest BCUT2D eigenvalue weighted by atomic mass is 16.3. The van der Waals surface area contributed by atoms with Crippen molar-refractivity contribution in [1.29, 1.82) is 0 Å². The molecule has 7 nitrogen and oxygen atoms in total. The zero-order valence-electron chi connectivity index (χ0n) is 22.6. The fourth-order valence-electron chi connectivity index (χ4n) is 6.68. The van der Waals surface area contributed by atoms with Crippen molar-refractivity contribution in [3.05, 3.63) is 94.5 Å². The number of carbonyl (C=O) groups is 2. The summed E-state index contributed by atoms with van der Waals surface area (Å²) in [5, 5.41) is 16.5. The number of nitrogens with one attached hydrogen (secondary N) is 2. The van der Waals surface area contributed by atoms with Crippen LogP contribution in [0.2, 0.25) is 0 Å². The van der Waals surface area contributed by atoms with Crippen LogP contribution < -0.4 is 5.32 Å². The van der Waals surface area contributed by atoms with E-state index in [0.717, 1.165) is 45.4 Å². The quantitative estimate of drug-likeness (QED) is 0.419. The summed E-state index contributed by atoms with van der Waals surface area (Å²) in [5.41, 5.74) is 5.29. The van der Waals surface area contributed by atoms with Gasteiger partial charge in [0.15, 0.2) is 0 Å². The number of anilines is 1. The number of H-pyrrole nitrogens is 1. The van der Waals surface area contributed by atoms with Crippen molar-refractivity contribution in [2.75, 3.05) is 5.32 Å². The Morgan fingerprint density at radius 3 is 2.72 bits per heavy atom. The van der Waals surface area contributed by atoms with Crippen LogP contribution in [0, 0.1) is 0 Å².